The van der Waals surface area contributed by atoms with Crippen LogP contribution in [-0.4, -0.2) is 74.5 Å². The van der Waals surface area contributed by atoms with Gasteiger partial charge in [0.1, 0.15) is 0 Å². The molecule has 1 aromatic rings. The number of nitrogens with zero attached hydrogens (tertiary/aromatic N) is 3. The van der Waals surface area contributed by atoms with E-state index in [-0.39, 0.29) is 5.91 Å². The van der Waals surface area contributed by atoms with E-state index in [9.17, 15) is 4.79 Å². The zero-order valence-corrected chi connectivity index (χ0v) is 18.1. The molecule has 1 aromatic carbocycles. The van der Waals surface area contributed by atoms with Crippen molar-refractivity contribution in [3.8, 4) is 0 Å². The first-order valence-corrected chi connectivity index (χ1v) is 11.2. The van der Waals surface area contributed by atoms with E-state index in [1.165, 1.54) is 24.9 Å². The van der Waals surface area contributed by atoms with Crippen molar-refractivity contribution in [1.29, 1.82) is 0 Å². The smallest absolute Gasteiger partial charge is 0.223 e. The molecule has 3 rings (SSSR count). The lowest BCUT2D eigenvalue weighted by molar-refractivity contribution is -0.127. The number of aliphatic imine (C=N–C) groups is 1. The number of nitrogens with one attached hydrogen (secondary N) is 2. The van der Waals surface area contributed by atoms with Crippen LogP contribution in [0.2, 0.25) is 0 Å². The average Bonchev–Trinajstić information content (AvgIpc) is 3.09. The quantitative estimate of drug-likeness (QED) is 0.518. The summed E-state index contributed by atoms with van der Waals surface area (Å²) < 4.78 is 0. The summed E-state index contributed by atoms with van der Waals surface area (Å²) in [5.74, 6) is 2.15. The maximum absolute atomic E-state index is 12.4. The van der Waals surface area contributed by atoms with Gasteiger partial charge >= 0.3 is 0 Å². The third kappa shape index (κ3) is 7.03. The molecule has 29 heavy (non-hydrogen) atoms. The Morgan fingerprint density at radius 1 is 1.17 bits per heavy atom. The number of carbonyl (C=O) groups is 1. The Bertz CT molecular complexity index is 662. The van der Waals surface area contributed by atoms with E-state index in [2.05, 4.69) is 53.8 Å². The molecule has 2 fully saturated rings. The van der Waals surface area contributed by atoms with Crippen LogP contribution >= 0.6 is 0 Å². The molecular formula is C23H37N5O. The van der Waals surface area contributed by atoms with E-state index in [0.29, 0.717) is 24.8 Å². The minimum atomic E-state index is 0.268. The fourth-order valence-corrected chi connectivity index (χ4v) is 4.34. The maximum Gasteiger partial charge on any atom is 0.223 e. The second-order valence-corrected chi connectivity index (χ2v) is 8.52. The van der Waals surface area contributed by atoms with Gasteiger partial charge in [0, 0.05) is 51.6 Å². The fourth-order valence-electron chi connectivity index (χ4n) is 4.34. The zero-order valence-electron chi connectivity index (χ0n) is 18.1. The second kappa shape index (κ2) is 11.2. The van der Waals surface area contributed by atoms with Crippen LogP contribution in [0.25, 0.3) is 0 Å². The van der Waals surface area contributed by atoms with Crippen molar-refractivity contribution in [3.05, 3.63) is 35.9 Å². The largest absolute Gasteiger partial charge is 0.357 e. The van der Waals surface area contributed by atoms with Gasteiger partial charge in [0.15, 0.2) is 5.96 Å². The van der Waals surface area contributed by atoms with Gasteiger partial charge in [0.2, 0.25) is 5.91 Å². The summed E-state index contributed by atoms with van der Waals surface area (Å²) in [4.78, 5) is 21.6. The molecule has 2 aliphatic heterocycles. The summed E-state index contributed by atoms with van der Waals surface area (Å²) >= 11 is 0. The van der Waals surface area contributed by atoms with E-state index < -0.39 is 0 Å². The van der Waals surface area contributed by atoms with Gasteiger partial charge in [-0.25, -0.2) is 0 Å². The highest BCUT2D eigenvalue weighted by atomic mass is 16.2. The molecule has 2 heterocycles. The van der Waals surface area contributed by atoms with Crippen molar-refractivity contribution in [2.24, 2.45) is 16.8 Å². The summed E-state index contributed by atoms with van der Waals surface area (Å²) in [6.45, 7) is 8.59. The molecular weight excluding hydrogens is 362 g/mol. The van der Waals surface area contributed by atoms with Crippen molar-refractivity contribution in [3.63, 3.8) is 0 Å². The Kier molecular flexibility index (Phi) is 8.35. The summed E-state index contributed by atoms with van der Waals surface area (Å²) in [7, 11) is 2.20. The van der Waals surface area contributed by atoms with Crippen LogP contribution in [0.5, 0.6) is 0 Å². The maximum atomic E-state index is 12.4. The lowest BCUT2D eigenvalue weighted by Gasteiger charge is -2.30. The molecule has 6 heteroatoms. The van der Waals surface area contributed by atoms with Crippen molar-refractivity contribution in [1.82, 2.24) is 20.4 Å². The van der Waals surface area contributed by atoms with Crippen molar-refractivity contribution in [2.45, 2.75) is 32.6 Å². The number of hydrogen-bond donors (Lipinski definition) is 2. The molecule has 0 spiro atoms. The molecule has 0 bridgehead atoms. The summed E-state index contributed by atoms with van der Waals surface area (Å²) in [5.41, 5.74) is 1.29. The van der Waals surface area contributed by atoms with E-state index in [1.807, 2.05) is 11.0 Å². The monoisotopic (exact) mass is 399 g/mol. The molecule has 2 unspecified atom stereocenters. The molecule has 1 amide bonds. The molecule has 0 aromatic heterocycles. The lowest BCUT2D eigenvalue weighted by Crippen LogP contribution is -2.43. The number of likely N-dealkylation sites (tertiary alicyclic amines) is 2. The van der Waals surface area contributed by atoms with Gasteiger partial charge in [-0.2, -0.15) is 0 Å². The first-order chi connectivity index (χ1) is 14.1. The SMILES string of the molecule is CCNC(=NCC1CC(=O)N(CCc2ccccc2)C1)NCC1CCCN(C)C1. The van der Waals surface area contributed by atoms with Crippen molar-refractivity contribution < 1.29 is 4.79 Å². The van der Waals surface area contributed by atoms with Gasteiger partial charge in [-0.3, -0.25) is 9.79 Å². The number of benzene rings is 1. The summed E-state index contributed by atoms with van der Waals surface area (Å²) in [5, 5.41) is 6.87. The van der Waals surface area contributed by atoms with Crippen LogP contribution in [-0.2, 0) is 11.2 Å². The molecule has 160 valence electrons. The standard InChI is InChI=1S/C23H37N5O/c1-3-24-23(25-15-20-10-7-12-27(2)17-20)26-16-21-14-22(29)28(18-21)13-11-19-8-5-4-6-9-19/h4-6,8-9,20-21H,3,7,10-18H2,1-2H3,(H2,24,25,26). The van der Waals surface area contributed by atoms with Crippen molar-refractivity contribution in [2.75, 3.05) is 52.9 Å². The van der Waals surface area contributed by atoms with E-state index in [1.54, 1.807) is 0 Å². The van der Waals surface area contributed by atoms with Crippen LogP contribution in [0.4, 0.5) is 0 Å². The highest BCUT2D eigenvalue weighted by molar-refractivity contribution is 5.80. The van der Waals surface area contributed by atoms with Gasteiger partial charge in [0.05, 0.1) is 0 Å². The second-order valence-electron chi connectivity index (χ2n) is 8.52. The van der Waals surface area contributed by atoms with Gasteiger partial charge in [-0.15, -0.1) is 0 Å². The summed E-state index contributed by atoms with van der Waals surface area (Å²) in [6.07, 6.45) is 4.09. The predicted octanol–water partition coefficient (Wildman–Crippen LogP) is 1.97. The van der Waals surface area contributed by atoms with Gasteiger partial charge in [0.25, 0.3) is 0 Å². The first-order valence-electron chi connectivity index (χ1n) is 11.2. The Labute approximate surface area is 175 Å². The molecule has 2 atom stereocenters. The Morgan fingerprint density at radius 3 is 2.76 bits per heavy atom. The molecule has 2 N–H and O–H groups in total. The molecule has 0 aliphatic carbocycles. The minimum absolute atomic E-state index is 0.268. The average molecular weight is 400 g/mol. The number of carbonyl (C=O) groups excluding carboxylic acids is 1. The zero-order chi connectivity index (χ0) is 20.5. The van der Waals surface area contributed by atoms with Crippen LogP contribution in [0.15, 0.2) is 35.3 Å². The number of piperidine rings is 1. The first kappa shape index (κ1) is 21.6. The topological polar surface area (TPSA) is 60.0 Å². The number of amides is 1. The highest BCUT2D eigenvalue weighted by Gasteiger charge is 2.29. The highest BCUT2D eigenvalue weighted by Crippen LogP contribution is 2.19. The third-order valence-electron chi connectivity index (χ3n) is 5.94. The van der Waals surface area contributed by atoms with Crippen LogP contribution < -0.4 is 10.6 Å². The normalized spacial score (nSPS) is 23.4. The lowest BCUT2D eigenvalue weighted by atomic mass is 9.99. The van der Waals surface area contributed by atoms with E-state index >= 15 is 0 Å². The fraction of sp³-hybridized carbons (Fsp3) is 0.652. The molecule has 0 saturated carbocycles. The van der Waals surface area contributed by atoms with Crippen LogP contribution in [0.1, 0.15) is 31.7 Å². The number of rotatable bonds is 8. The summed E-state index contributed by atoms with van der Waals surface area (Å²) in [6, 6.07) is 10.4. The predicted molar refractivity (Wildman–Crippen MR) is 119 cm³/mol. The Hall–Kier alpha value is -2.08. The van der Waals surface area contributed by atoms with Gasteiger partial charge < -0.3 is 20.4 Å². The molecule has 0 radical (unpaired) electrons. The van der Waals surface area contributed by atoms with Crippen LogP contribution in [0, 0.1) is 11.8 Å². The minimum Gasteiger partial charge on any atom is -0.357 e. The van der Waals surface area contributed by atoms with Crippen molar-refractivity contribution >= 4 is 11.9 Å². The Balaban J connectivity index is 1.44. The number of hydrogen-bond acceptors (Lipinski definition) is 3. The van der Waals surface area contributed by atoms with E-state index in [4.69, 9.17) is 4.99 Å². The molecule has 2 aliphatic rings. The Morgan fingerprint density at radius 2 is 2.00 bits per heavy atom. The molecule has 2 saturated heterocycles. The van der Waals surface area contributed by atoms with Gasteiger partial charge in [-0.05, 0) is 51.3 Å². The van der Waals surface area contributed by atoms with Crippen LogP contribution in [0.3, 0.4) is 0 Å². The molecule has 6 nitrogen and oxygen atoms in total. The third-order valence-corrected chi connectivity index (χ3v) is 5.94. The van der Waals surface area contributed by atoms with E-state index in [0.717, 1.165) is 45.1 Å². The number of guanidine groups is 1. The van der Waals surface area contributed by atoms with Gasteiger partial charge in [-0.1, -0.05) is 30.3 Å².